The van der Waals surface area contributed by atoms with Crippen molar-refractivity contribution in [2.24, 2.45) is 17.1 Å². The standard InChI is InChI=1S/C28H49N3/c1-8-23(4)27(29)21-30-18-15-26(16-19-30)31(20-14-22(2)3)25-11-9-24(10-12-25)13-17-28(5,6)7/h9-12,14,23,26-27H,8,13,15-21,29H2,1-7H3. The van der Waals surface area contributed by atoms with Crippen LogP contribution in [0.1, 0.15) is 79.7 Å². The number of anilines is 1. The van der Waals surface area contributed by atoms with Gasteiger partial charge < -0.3 is 15.5 Å². The number of allylic oxidation sites excluding steroid dienone is 1. The van der Waals surface area contributed by atoms with Crippen molar-refractivity contribution in [2.75, 3.05) is 31.1 Å². The largest absolute Gasteiger partial charge is 0.365 e. The van der Waals surface area contributed by atoms with Crippen molar-refractivity contribution in [3.63, 3.8) is 0 Å². The van der Waals surface area contributed by atoms with Gasteiger partial charge >= 0.3 is 0 Å². The lowest BCUT2D eigenvalue weighted by molar-refractivity contribution is 0.184. The van der Waals surface area contributed by atoms with Gasteiger partial charge in [0.25, 0.3) is 0 Å². The van der Waals surface area contributed by atoms with Crippen molar-refractivity contribution < 1.29 is 0 Å². The van der Waals surface area contributed by atoms with Crippen molar-refractivity contribution in [2.45, 2.75) is 92.7 Å². The van der Waals surface area contributed by atoms with Crippen LogP contribution in [-0.2, 0) is 6.42 Å². The molecule has 31 heavy (non-hydrogen) atoms. The molecule has 1 aromatic rings. The number of likely N-dealkylation sites (tertiary alicyclic amines) is 1. The van der Waals surface area contributed by atoms with Crippen LogP contribution in [0.25, 0.3) is 0 Å². The Bertz CT molecular complexity index is 658. The molecule has 2 rings (SSSR count). The van der Waals surface area contributed by atoms with Crippen molar-refractivity contribution in [3.05, 3.63) is 41.5 Å². The van der Waals surface area contributed by atoms with Gasteiger partial charge in [0.15, 0.2) is 0 Å². The lowest BCUT2D eigenvalue weighted by Gasteiger charge is -2.40. The van der Waals surface area contributed by atoms with E-state index in [1.165, 1.54) is 42.5 Å². The average Bonchev–Trinajstić information content (AvgIpc) is 2.73. The Balaban J connectivity index is 2.02. The van der Waals surface area contributed by atoms with E-state index < -0.39 is 0 Å². The number of rotatable bonds is 10. The van der Waals surface area contributed by atoms with Crippen LogP contribution in [0, 0.1) is 11.3 Å². The van der Waals surface area contributed by atoms with Crippen LogP contribution in [0.5, 0.6) is 0 Å². The molecule has 1 aliphatic rings. The molecule has 1 saturated heterocycles. The fourth-order valence-electron chi connectivity index (χ4n) is 4.31. The lowest BCUT2D eigenvalue weighted by Crippen LogP contribution is -2.49. The molecule has 1 aromatic carbocycles. The Morgan fingerprint density at radius 1 is 1.16 bits per heavy atom. The minimum atomic E-state index is 0.295. The van der Waals surface area contributed by atoms with E-state index >= 15 is 0 Å². The first-order valence-corrected chi connectivity index (χ1v) is 12.6. The number of nitrogens with two attached hydrogens (primary N) is 1. The summed E-state index contributed by atoms with van der Waals surface area (Å²) in [5, 5.41) is 0. The van der Waals surface area contributed by atoms with E-state index in [2.05, 4.69) is 88.6 Å². The fraction of sp³-hybridized carbons (Fsp3) is 0.714. The third-order valence-corrected chi connectivity index (χ3v) is 6.97. The maximum atomic E-state index is 6.43. The van der Waals surface area contributed by atoms with E-state index in [1.54, 1.807) is 0 Å². The summed E-state index contributed by atoms with van der Waals surface area (Å²) in [5.74, 6) is 0.601. The molecule has 2 atom stereocenters. The number of hydrogen-bond donors (Lipinski definition) is 1. The molecule has 0 spiro atoms. The Labute approximate surface area is 193 Å². The molecule has 1 fully saturated rings. The Hall–Kier alpha value is -1.32. The molecular weight excluding hydrogens is 378 g/mol. The Morgan fingerprint density at radius 3 is 2.29 bits per heavy atom. The quantitative estimate of drug-likeness (QED) is 0.446. The smallest absolute Gasteiger partial charge is 0.0371 e. The van der Waals surface area contributed by atoms with E-state index in [9.17, 15) is 0 Å². The second-order valence-corrected chi connectivity index (χ2v) is 11.2. The summed E-state index contributed by atoms with van der Waals surface area (Å²) >= 11 is 0. The van der Waals surface area contributed by atoms with E-state index in [-0.39, 0.29) is 0 Å². The number of aryl methyl sites for hydroxylation is 1. The summed E-state index contributed by atoms with van der Waals surface area (Å²) in [4.78, 5) is 5.22. The molecule has 3 heteroatoms. The zero-order chi connectivity index (χ0) is 23.0. The Morgan fingerprint density at radius 2 is 1.77 bits per heavy atom. The fourth-order valence-corrected chi connectivity index (χ4v) is 4.31. The van der Waals surface area contributed by atoms with Gasteiger partial charge in [-0.05, 0) is 68.6 Å². The minimum absolute atomic E-state index is 0.295. The van der Waals surface area contributed by atoms with Gasteiger partial charge in [-0.1, -0.05) is 64.8 Å². The molecule has 0 saturated carbocycles. The highest BCUT2D eigenvalue weighted by atomic mass is 15.2. The maximum Gasteiger partial charge on any atom is 0.0371 e. The van der Waals surface area contributed by atoms with Gasteiger partial charge in [-0.25, -0.2) is 0 Å². The molecule has 0 aliphatic carbocycles. The third kappa shape index (κ3) is 8.98. The van der Waals surface area contributed by atoms with Gasteiger partial charge in [-0.3, -0.25) is 0 Å². The molecule has 3 nitrogen and oxygen atoms in total. The average molecular weight is 428 g/mol. The first-order valence-electron chi connectivity index (χ1n) is 12.6. The topological polar surface area (TPSA) is 32.5 Å². The predicted molar refractivity (Wildman–Crippen MR) is 138 cm³/mol. The van der Waals surface area contributed by atoms with Gasteiger partial charge in [-0.2, -0.15) is 0 Å². The van der Waals surface area contributed by atoms with Crippen LogP contribution in [0.3, 0.4) is 0 Å². The second kappa shape index (κ2) is 12.1. The third-order valence-electron chi connectivity index (χ3n) is 6.97. The zero-order valence-electron chi connectivity index (χ0n) is 21.5. The number of piperidine rings is 1. The van der Waals surface area contributed by atoms with Crippen molar-refractivity contribution in [1.82, 2.24) is 4.90 Å². The molecule has 0 radical (unpaired) electrons. The molecule has 1 aliphatic heterocycles. The number of hydrogen-bond acceptors (Lipinski definition) is 3. The van der Waals surface area contributed by atoms with Crippen LogP contribution in [0.15, 0.2) is 35.9 Å². The molecule has 2 unspecified atom stereocenters. The van der Waals surface area contributed by atoms with Gasteiger partial charge in [0.05, 0.1) is 0 Å². The summed E-state index contributed by atoms with van der Waals surface area (Å²) < 4.78 is 0. The summed E-state index contributed by atoms with van der Waals surface area (Å²) in [7, 11) is 0. The van der Waals surface area contributed by atoms with Gasteiger partial charge in [0, 0.05) is 44.0 Å². The van der Waals surface area contributed by atoms with E-state index in [0.717, 1.165) is 32.6 Å². The highest BCUT2D eigenvalue weighted by molar-refractivity contribution is 5.49. The van der Waals surface area contributed by atoms with Crippen LogP contribution < -0.4 is 10.6 Å². The monoisotopic (exact) mass is 427 g/mol. The number of benzene rings is 1. The van der Waals surface area contributed by atoms with Crippen LogP contribution in [0.4, 0.5) is 5.69 Å². The van der Waals surface area contributed by atoms with E-state index in [4.69, 9.17) is 5.73 Å². The lowest BCUT2D eigenvalue weighted by atomic mass is 9.88. The molecule has 1 heterocycles. The SMILES string of the molecule is CCC(C)C(N)CN1CCC(N(CC=C(C)C)c2ccc(CCC(C)(C)C)cc2)CC1. The van der Waals surface area contributed by atoms with Crippen LogP contribution in [-0.4, -0.2) is 43.2 Å². The molecule has 0 aromatic heterocycles. The zero-order valence-corrected chi connectivity index (χ0v) is 21.5. The highest BCUT2D eigenvalue weighted by Crippen LogP contribution is 2.27. The van der Waals surface area contributed by atoms with E-state index in [0.29, 0.717) is 23.4 Å². The highest BCUT2D eigenvalue weighted by Gasteiger charge is 2.26. The molecule has 176 valence electrons. The normalized spacial score (nSPS) is 17.9. The first kappa shape index (κ1) is 25.9. The molecule has 0 bridgehead atoms. The van der Waals surface area contributed by atoms with E-state index in [1.807, 2.05) is 0 Å². The minimum Gasteiger partial charge on any atom is -0.365 e. The second-order valence-electron chi connectivity index (χ2n) is 11.2. The first-order chi connectivity index (χ1) is 14.6. The van der Waals surface area contributed by atoms with Crippen molar-refractivity contribution >= 4 is 5.69 Å². The summed E-state index contributed by atoms with van der Waals surface area (Å²) in [6.07, 6.45) is 8.36. The molecule has 2 N–H and O–H groups in total. The van der Waals surface area contributed by atoms with Gasteiger partial charge in [-0.15, -0.1) is 0 Å². The summed E-state index contributed by atoms with van der Waals surface area (Å²) in [6.45, 7) is 20.3. The molecular formula is C28H49N3. The number of nitrogens with zero attached hydrogens (tertiary/aromatic N) is 2. The summed E-state index contributed by atoms with van der Waals surface area (Å²) in [6, 6.07) is 10.3. The molecule has 0 amide bonds. The van der Waals surface area contributed by atoms with Crippen molar-refractivity contribution in [1.29, 1.82) is 0 Å². The van der Waals surface area contributed by atoms with Gasteiger partial charge in [0.1, 0.15) is 0 Å². The van der Waals surface area contributed by atoms with Crippen LogP contribution in [0.2, 0.25) is 0 Å². The van der Waals surface area contributed by atoms with Crippen molar-refractivity contribution in [3.8, 4) is 0 Å². The Kier molecular flexibility index (Phi) is 10.1. The van der Waals surface area contributed by atoms with Crippen LogP contribution >= 0.6 is 0 Å². The summed E-state index contributed by atoms with van der Waals surface area (Å²) in [5.41, 5.74) is 11.0. The van der Waals surface area contributed by atoms with Gasteiger partial charge in [0.2, 0.25) is 0 Å². The predicted octanol–water partition coefficient (Wildman–Crippen LogP) is 6.28. The maximum absolute atomic E-state index is 6.43.